The molecule has 5 heteroatoms. The number of unbranched alkanes of at least 4 members (excludes halogenated alkanes) is 1. The van der Waals surface area contributed by atoms with Crippen LogP contribution < -0.4 is 5.56 Å². The van der Waals surface area contributed by atoms with Gasteiger partial charge in [-0.1, -0.05) is 13.3 Å². The fourth-order valence-corrected chi connectivity index (χ4v) is 1.37. The maximum absolute atomic E-state index is 11.9. The van der Waals surface area contributed by atoms with Crippen LogP contribution in [0.4, 0.5) is 0 Å². The van der Waals surface area contributed by atoms with Gasteiger partial charge in [-0.25, -0.2) is 4.68 Å². The third-order valence-corrected chi connectivity index (χ3v) is 2.63. The lowest BCUT2D eigenvalue weighted by molar-refractivity contribution is 0.0793. The van der Waals surface area contributed by atoms with Gasteiger partial charge in [0.15, 0.2) is 0 Å². The number of carbonyl (C=O) groups is 1. The van der Waals surface area contributed by atoms with E-state index < -0.39 is 0 Å². The fraction of sp³-hybridized carbons (Fsp3) is 0.583. The Bertz CT molecular complexity index is 440. The highest BCUT2D eigenvalue weighted by Crippen LogP contribution is 1.98. The first-order valence-corrected chi connectivity index (χ1v) is 5.93. The zero-order valence-corrected chi connectivity index (χ0v) is 10.6. The highest BCUT2D eigenvalue weighted by atomic mass is 16.2. The zero-order chi connectivity index (χ0) is 12.8. The summed E-state index contributed by atoms with van der Waals surface area (Å²) in [5.41, 5.74) is 0.166. The monoisotopic (exact) mass is 237 g/mol. The van der Waals surface area contributed by atoms with Gasteiger partial charge < -0.3 is 4.90 Å². The van der Waals surface area contributed by atoms with Crippen LogP contribution in [0.5, 0.6) is 0 Å². The molecule has 1 aromatic heterocycles. The molecule has 0 aliphatic carbocycles. The van der Waals surface area contributed by atoms with Crippen LogP contribution in [0.2, 0.25) is 0 Å². The van der Waals surface area contributed by atoms with E-state index >= 15 is 0 Å². The molecule has 1 aromatic rings. The summed E-state index contributed by atoms with van der Waals surface area (Å²) in [6.45, 7) is 5.12. The molecule has 0 saturated carbocycles. The number of aryl methyl sites for hydroxylation is 1. The van der Waals surface area contributed by atoms with Gasteiger partial charge in [0.05, 0.1) is 0 Å². The van der Waals surface area contributed by atoms with E-state index in [1.807, 2.05) is 13.8 Å². The Labute approximate surface area is 101 Å². The van der Waals surface area contributed by atoms with Crippen LogP contribution in [0, 0.1) is 0 Å². The molecule has 0 bridgehead atoms. The third-order valence-electron chi connectivity index (χ3n) is 2.63. The van der Waals surface area contributed by atoms with Crippen molar-refractivity contribution in [2.45, 2.75) is 33.2 Å². The predicted molar refractivity (Wildman–Crippen MR) is 66.0 cm³/mol. The standard InChI is InChI=1S/C12H19N3O2/c1-4-6-9-15-11(16)8-7-10(13-15)12(17)14(3)5-2/h7-8H,4-6,9H2,1-3H3. The summed E-state index contributed by atoms with van der Waals surface area (Å²) in [4.78, 5) is 24.9. The average Bonchev–Trinajstić information content (AvgIpc) is 2.36. The molecule has 0 spiro atoms. The molecule has 0 aliphatic heterocycles. The van der Waals surface area contributed by atoms with E-state index in [9.17, 15) is 9.59 Å². The number of hydrogen-bond acceptors (Lipinski definition) is 3. The Morgan fingerprint density at radius 1 is 1.41 bits per heavy atom. The van der Waals surface area contributed by atoms with Gasteiger partial charge in [0.1, 0.15) is 5.69 Å². The second-order valence-corrected chi connectivity index (χ2v) is 3.95. The van der Waals surface area contributed by atoms with Crippen LogP contribution in [-0.4, -0.2) is 34.2 Å². The van der Waals surface area contributed by atoms with E-state index in [1.165, 1.54) is 16.8 Å². The number of aromatic nitrogens is 2. The average molecular weight is 237 g/mol. The maximum atomic E-state index is 11.9. The molecule has 0 unspecified atom stereocenters. The fourth-order valence-electron chi connectivity index (χ4n) is 1.37. The molecular formula is C12H19N3O2. The lowest BCUT2D eigenvalue weighted by Gasteiger charge is -2.14. The van der Waals surface area contributed by atoms with Gasteiger partial charge in [-0.3, -0.25) is 9.59 Å². The lowest BCUT2D eigenvalue weighted by atomic mass is 10.3. The molecule has 0 radical (unpaired) electrons. The van der Waals surface area contributed by atoms with Crippen LogP contribution >= 0.6 is 0 Å². The summed E-state index contributed by atoms with van der Waals surface area (Å²) < 4.78 is 1.36. The number of nitrogens with zero attached hydrogens (tertiary/aromatic N) is 3. The molecule has 1 heterocycles. The number of rotatable bonds is 5. The van der Waals surface area contributed by atoms with Gasteiger partial charge >= 0.3 is 0 Å². The molecule has 0 atom stereocenters. The van der Waals surface area contributed by atoms with Crippen LogP contribution in [-0.2, 0) is 6.54 Å². The van der Waals surface area contributed by atoms with Crippen LogP contribution in [0.25, 0.3) is 0 Å². The van der Waals surface area contributed by atoms with Gasteiger partial charge in [0.25, 0.3) is 11.5 Å². The number of hydrogen-bond donors (Lipinski definition) is 0. The normalized spacial score (nSPS) is 10.3. The first-order valence-electron chi connectivity index (χ1n) is 5.93. The molecule has 0 aromatic carbocycles. The lowest BCUT2D eigenvalue weighted by Crippen LogP contribution is -2.31. The van der Waals surface area contributed by atoms with E-state index in [-0.39, 0.29) is 11.5 Å². The highest BCUT2D eigenvalue weighted by Gasteiger charge is 2.12. The smallest absolute Gasteiger partial charge is 0.274 e. The largest absolute Gasteiger partial charge is 0.341 e. The SMILES string of the molecule is CCCCn1nc(C(=O)N(C)CC)ccc1=O. The summed E-state index contributed by atoms with van der Waals surface area (Å²) in [5, 5.41) is 4.09. The summed E-state index contributed by atoms with van der Waals surface area (Å²) in [6.07, 6.45) is 1.87. The Kier molecular flexibility index (Phi) is 4.87. The minimum atomic E-state index is -0.158. The molecule has 0 aliphatic rings. The Hall–Kier alpha value is -1.65. The van der Waals surface area contributed by atoms with Gasteiger partial charge in [0.2, 0.25) is 0 Å². The van der Waals surface area contributed by atoms with Crippen molar-refractivity contribution < 1.29 is 4.79 Å². The molecule has 17 heavy (non-hydrogen) atoms. The summed E-state index contributed by atoms with van der Waals surface area (Å²) in [7, 11) is 1.71. The van der Waals surface area contributed by atoms with Crippen molar-refractivity contribution in [2.24, 2.45) is 0 Å². The first kappa shape index (κ1) is 13.4. The van der Waals surface area contributed by atoms with E-state index in [4.69, 9.17) is 0 Å². The van der Waals surface area contributed by atoms with Crippen molar-refractivity contribution in [1.29, 1.82) is 0 Å². The molecule has 0 N–H and O–H groups in total. The molecule has 5 nitrogen and oxygen atoms in total. The predicted octanol–water partition coefficient (Wildman–Crippen LogP) is 1.14. The highest BCUT2D eigenvalue weighted by molar-refractivity contribution is 5.91. The summed E-state index contributed by atoms with van der Waals surface area (Å²) >= 11 is 0. The minimum Gasteiger partial charge on any atom is -0.341 e. The second-order valence-electron chi connectivity index (χ2n) is 3.95. The quantitative estimate of drug-likeness (QED) is 0.771. The molecule has 1 amide bonds. The van der Waals surface area contributed by atoms with Crippen molar-refractivity contribution in [3.8, 4) is 0 Å². The van der Waals surface area contributed by atoms with Gasteiger partial charge in [-0.2, -0.15) is 5.10 Å². The summed E-state index contributed by atoms with van der Waals surface area (Å²) in [5.74, 6) is -0.155. The third kappa shape index (κ3) is 3.41. The van der Waals surface area contributed by atoms with Crippen molar-refractivity contribution in [2.75, 3.05) is 13.6 Å². The van der Waals surface area contributed by atoms with Crippen molar-refractivity contribution in [3.05, 3.63) is 28.2 Å². The van der Waals surface area contributed by atoms with E-state index in [1.54, 1.807) is 11.9 Å². The van der Waals surface area contributed by atoms with E-state index in [2.05, 4.69) is 5.10 Å². The molecule has 0 saturated heterocycles. The van der Waals surface area contributed by atoms with Crippen LogP contribution in [0.1, 0.15) is 37.2 Å². The van der Waals surface area contributed by atoms with Gasteiger partial charge in [0, 0.05) is 26.2 Å². The summed E-state index contributed by atoms with van der Waals surface area (Å²) in [6, 6.07) is 2.89. The molecule has 0 fully saturated rings. The topological polar surface area (TPSA) is 55.2 Å². The zero-order valence-electron chi connectivity index (χ0n) is 10.6. The minimum absolute atomic E-state index is 0.155. The van der Waals surface area contributed by atoms with E-state index in [0.717, 1.165) is 12.8 Å². The first-order chi connectivity index (χ1) is 8.10. The van der Waals surface area contributed by atoms with Gasteiger partial charge in [-0.05, 0) is 19.4 Å². The maximum Gasteiger partial charge on any atom is 0.274 e. The molecule has 94 valence electrons. The number of carbonyl (C=O) groups excluding carboxylic acids is 1. The van der Waals surface area contributed by atoms with Crippen molar-refractivity contribution in [1.82, 2.24) is 14.7 Å². The van der Waals surface area contributed by atoms with Crippen LogP contribution in [0.15, 0.2) is 16.9 Å². The Balaban J connectivity index is 2.95. The second kappa shape index (κ2) is 6.18. The molecule has 1 rings (SSSR count). The number of amides is 1. The van der Waals surface area contributed by atoms with Crippen molar-refractivity contribution >= 4 is 5.91 Å². The van der Waals surface area contributed by atoms with Gasteiger partial charge in [-0.15, -0.1) is 0 Å². The Morgan fingerprint density at radius 2 is 2.12 bits per heavy atom. The Morgan fingerprint density at radius 3 is 2.71 bits per heavy atom. The molecular weight excluding hydrogens is 218 g/mol. The van der Waals surface area contributed by atoms with Crippen LogP contribution in [0.3, 0.4) is 0 Å². The van der Waals surface area contributed by atoms with E-state index in [0.29, 0.717) is 18.8 Å². The van der Waals surface area contributed by atoms with Crippen molar-refractivity contribution in [3.63, 3.8) is 0 Å².